The van der Waals surface area contributed by atoms with E-state index in [1.807, 2.05) is 0 Å². The Morgan fingerprint density at radius 3 is 2.44 bits per heavy atom. The predicted molar refractivity (Wildman–Crippen MR) is 69.3 cm³/mol. The highest BCUT2D eigenvalue weighted by Gasteiger charge is 2.22. The maximum atomic E-state index is 11.6. The molecule has 0 aliphatic carbocycles. The number of amides is 1. The van der Waals surface area contributed by atoms with Gasteiger partial charge >= 0.3 is 5.97 Å². The zero-order valence-corrected chi connectivity index (χ0v) is 11.3. The first-order valence-corrected chi connectivity index (χ1v) is 6.68. The van der Waals surface area contributed by atoms with Gasteiger partial charge in [-0.15, -0.1) is 0 Å². The molecule has 1 aliphatic heterocycles. The molecule has 104 valence electrons. The van der Waals surface area contributed by atoms with Crippen molar-refractivity contribution in [3.05, 3.63) is 0 Å². The summed E-state index contributed by atoms with van der Waals surface area (Å²) in [6.07, 6.45) is 2.01. The van der Waals surface area contributed by atoms with Crippen LogP contribution in [0.2, 0.25) is 0 Å². The van der Waals surface area contributed by atoms with Crippen LogP contribution in [0.25, 0.3) is 0 Å². The van der Waals surface area contributed by atoms with Crippen molar-refractivity contribution in [2.75, 3.05) is 26.2 Å². The number of piperidine rings is 1. The molecule has 5 heteroatoms. The summed E-state index contributed by atoms with van der Waals surface area (Å²) in [6, 6.07) is 0. The minimum atomic E-state index is -0.719. The summed E-state index contributed by atoms with van der Waals surface area (Å²) < 4.78 is 0. The van der Waals surface area contributed by atoms with Crippen LogP contribution in [-0.4, -0.2) is 48.1 Å². The number of aliphatic carboxylic acids is 1. The molecule has 18 heavy (non-hydrogen) atoms. The maximum Gasteiger partial charge on any atom is 0.303 e. The molecule has 0 unspecified atom stereocenters. The molecule has 1 saturated heterocycles. The number of carboxylic acid groups (broad SMARTS) is 1. The molecule has 0 radical (unpaired) electrons. The van der Waals surface area contributed by atoms with Gasteiger partial charge in [0, 0.05) is 13.0 Å². The quantitative estimate of drug-likeness (QED) is 0.742. The number of likely N-dealkylation sites (tertiary alicyclic amines) is 1. The number of carbonyl (C=O) groups excluding carboxylic acids is 1. The van der Waals surface area contributed by atoms with Gasteiger partial charge in [0.25, 0.3) is 0 Å². The molecule has 2 N–H and O–H groups in total. The van der Waals surface area contributed by atoms with E-state index in [0.717, 1.165) is 25.9 Å². The molecule has 0 saturated carbocycles. The van der Waals surface area contributed by atoms with Crippen molar-refractivity contribution in [2.24, 2.45) is 11.8 Å². The first kappa shape index (κ1) is 15.0. The van der Waals surface area contributed by atoms with Gasteiger partial charge in [-0.2, -0.15) is 0 Å². The van der Waals surface area contributed by atoms with Crippen LogP contribution in [0, 0.1) is 11.8 Å². The van der Waals surface area contributed by atoms with Gasteiger partial charge in [-0.25, -0.2) is 0 Å². The second-order valence-electron chi connectivity index (χ2n) is 5.52. The van der Waals surface area contributed by atoms with Crippen molar-refractivity contribution < 1.29 is 14.7 Å². The molecule has 1 heterocycles. The molecule has 0 spiro atoms. The first-order chi connectivity index (χ1) is 8.47. The van der Waals surface area contributed by atoms with E-state index in [0.29, 0.717) is 19.0 Å². The second kappa shape index (κ2) is 7.36. The molecular weight excluding hydrogens is 232 g/mol. The normalized spacial score (nSPS) is 17.9. The third-order valence-corrected chi connectivity index (χ3v) is 3.25. The van der Waals surface area contributed by atoms with E-state index < -0.39 is 5.97 Å². The van der Waals surface area contributed by atoms with Crippen LogP contribution in [0.15, 0.2) is 0 Å². The minimum Gasteiger partial charge on any atom is -0.481 e. The Labute approximate surface area is 109 Å². The molecule has 0 atom stereocenters. The SMILES string of the molecule is CC(C)CNC(=O)CN1CCC(CC(=O)O)CC1. The van der Waals surface area contributed by atoms with Gasteiger partial charge in [-0.05, 0) is 37.8 Å². The van der Waals surface area contributed by atoms with Crippen LogP contribution in [0.3, 0.4) is 0 Å². The Bertz CT molecular complexity index is 284. The lowest BCUT2D eigenvalue weighted by Crippen LogP contribution is -2.42. The Kier molecular flexibility index (Phi) is 6.12. The van der Waals surface area contributed by atoms with Crippen LogP contribution in [0.5, 0.6) is 0 Å². The Morgan fingerprint density at radius 2 is 1.94 bits per heavy atom. The number of carbonyl (C=O) groups is 2. The molecule has 0 aromatic heterocycles. The number of nitrogens with zero attached hydrogens (tertiary/aromatic N) is 1. The summed E-state index contributed by atoms with van der Waals surface area (Å²) in [7, 11) is 0. The van der Waals surface area contributed by atoms with E-state index in [1.165, 1.54) is 0 Å². The topological polar surface area (TPSA) is 69.6 Å². The van der Waals surface area contributed by atoms with Crippen LogP contribution in [0.1, 0.15) is 33.1 Å². The number of rotatable bonds is 6. The van der Waals surface area contributed by atoms with Crippen LogP contribution in [0.4, 0.5) is 0 Å². The third kappa shape index (κ3) is 6.00. The number of hydrogen-bond acceptors (Lipinski definition) is 3. The van der Waals surface area contributed by atoms with Crippen molar-refractivity contribution in [1.82, 2.24) is 10.2 Å². The maximum absolute atomic E-state index is 11.6. The zero-order chi connectivity index (χ0) is 13.5. The van der Waals surface area contributed by atoms with E-state index >= 15 is 0 Å². The summed E-state index contributed by atoms with van der Waals surface area (Å²) in [6.45, 7) is 6.94. The highest BCUT2D eigenvalue weighted by atomic mass is 16.4. The smallest absolute Gasteiger partial charge is 0.303 e. The summed E-state index contributed by atoms with van der Waals surface area (Å²) in [5, 5.41) is 11.6. The lowest BCUT2D eigenvalue weighted by atomic mass is 9.94. The molecule has 0 bridgehead atoms. The van der Waals surface area contributed by atoms with Gasteiger partial charge in [0.1, 0.15) is 0 Å². The standard InChI is InChI=1S/C13H24N2O3/c1-10(2)8-14-12(16)9-15-5-3-11(4-6-15)7-13(17)18/h10-11H,3-9H2,1-2H3,(H,14,16)(H,17,18). The van der Waals surface area contributed by atoms with Crippen LogP contribution < -0.4 is 5.32 Å². The van der Waals surface area contributed by atoms with Crippen molar-refractivity contribution >= 4 is 11.9 Å². The van der Waals surface area contributed by atoms with E-state index in [4.69, 9.17) is 5.11 Å². The van der Waals surface area contributed by atoms with Gasteiger partial charge in [0.15, 0.2) is 0 Å². The Hall–Kier alpha value is -1.10. The first-order valence-electron chi connectivity index (χ1n) is 6.68. The van der Waals surface area contributed by atoms with E-state index in [1.54, 1.807) is 0 Å². The summed E-state index contributed by atoms with van der Waals surface area (Å²) in [4.78, 5) is 24.3. The number of nitrogens with one attached hydrogen (secondary N) is 1. The van der Waals surface area contributed by atoms with Crippen LogP contribution in [-0.2, 0) is 9.59 Å². The Morgan fingerprint density at radius 1 is 1.33 bits per heavy atom. The Balaban J connectivity index is 2.18. The van der Waals surface area contributed by atoms with E-state index in [-0.39, 0.29) is 18.2 Å². The largest absolute Gasteiger partial charge is 0.481 e. The molecule has 1 amide bonds. The fourth-order valence-electron chi connectivity index (χ4n) is 2.17. The fourth-order valence-corrected chi connectivity index (χ4v) is 2.17. The van der Waals surface area contributed by atoms with Gasteiger partial charge < -0.3 is 10.4 Å². The zero-order valence-electron chi connectivity index (χ0n) is 11.3. The van der Waals surface area contributed by atoms with Crippen molar-refractivity contribution in [3.63, 3.8) is 0 Å². The average Bonchev–Trinajstić information content (AvgIpc) is 2.28. The molecule has 0 aromatic carbocycles. The third-order valence-electron chi connectivity index (χ3n) is 3.25. The fraction of sp³-hybridized carbons (Fsp3) is 0.846. The van der Waals surface area contributed by atoms with Crippen molar-refractivity contribution in [2.45, 2.75) is 33.1 Å². The highest BCUT2D eigenvalue weighted by molar-refractivity contribution is 5.78. The predicted octanol–water partition coefficient (Wildman–Crippen LogP) is 0.945. The minimum absolute atomic E-state index is 0.0698. The molecular formula is C13H24N2O3. The van der Waals surface area contributed by atoms with Gasteiger partial charge in [-0.1, -0.05) is 13.8 Å². The van der Waals surface area contributed by atoms with Gasteiger partial charge in [0.2, 0.25) is 5.91 Å². The van der Waals surface area contributed by atoms with E-state index in [2.05, 4.69) is 24.1 Å². The lowest BCUT2D eigenvalue weighted by molar-refractivity contribution is -0.138. The van der Waals surface area contributed by atoms with Gasteiger partial charge in [-0.3, -0.25) is 14.5 Å². The molecule has 1 aliphatic rings. The van der Waals surface area contributed by atoms with E-state index in [9.17, 15) is 9.59 Å². The molecule has 1 rings (SSSR count). The van der Waals surface area contributed by atoms with Crippen molar-refractivity contribution in [3.8, 4) is 0 Å². The summed E-state index contributed by atoms with van der Waals surface area (Å²) in [5.74, 6) is 0.0937. The number of carboxylic acids is 1. The second-order valence-corrected chi connectivity index (χ2v) is 5.52. The molecule has 5 nitrogen and oxygen atoms in total. The lowest BCUT2D eigenvalue weighted by Gasteiger charge is -2.30. The summed E-state index contributed by atoms with van der Waals surface area (Å²) in [5.41, 5.74) is 0. The average molecular weight is 256 g/mol. The molecule has 0 aromatic rings. The highest BCUT2D eigenvalue weighted by Crippen LogP contribution is 2.19. The van der Waals surface area contributed by atoms with Gasteiger partial charge in [0.05, 0.1) is 6.54 Å². The number of hydrogen-bond donors (Lipinski definition) is 2. The molecule has 1 fully saturated rings. The monoisotopic (exact) mass is 256 g/mol. The van der Waals surface area contributed by atoms with Crippen LogP contribution >= 0.6 is 0 Å². The summed E-state index contributed by atoms with van der Waals surface area (Å²) >= 11 is 0. The van der Waals surface area contributed by atoms with Crippen molar-refractivity contribution in [1.29, 1.82) is 0 Å².